The highest BCUT2D eigenvalue weighted by atomic mass is 35.5. The molecule has 134 valence electrons. The fourth-order valence-electron chi connectivity index (χ4n) is 4.76. The highest BCUT2D eigenvalue weighted by molar-refractivity contribution is 5.85. The molecule has 1 aliphatic heterocycles. The van der Waals surface area contributed by atoms with Gasteiger partial charge in [0, 0.05) is 25.6 Å². The molecule has 0 amide bonds. The second kappa shape index (κ2) is 10.0. The Bertz CT molecular complexity index is 351. The van der Waals surface area contributed by atoms with Gasteiger partial charge in [0.2, 0.25) is 0 Å². The fraction of sp³-hybridized carbons (Fsp3) is 0.947. The molecule has 2 saturated carbocycles. The quantitative estimate of drug-likeness (QED) is 0.717. The first-order valence-corrected chi connectivity index (χ1v) is 9.70. The molecular weight excluding hydrogens is 310 g/mol. The van der Waals surface area contributed by atoms with Crippen LogP contribution >= 0.6 is 12.4 Å². The molecule has 23 heavy (non-hydrogen) atoms. The van der Waals surface area contributed by atoms with Crippen molar-refractivity contribution in [3.8, 4) is 0 Å². The zero-order valence-electron chi connectivity index (χ0n) is 14.5. The lowest BCUT2D eigenvalue weighted by Crippen LogP contribution is -2.41. The maximum Gasteiger partial charge on any atom is 0.148 e. The lowest BCUT2D eigenvalue weighted by atomic mass is 9.82. The Morgan fingerprint density at radius 3 is 2.26 bits per heavy atom. The highest BCUT2D eigenvalue weighted by Gasteiger charge is 2.32. The van der Waals surface area contributed by atoms with Crippen LogP contribution in [-0.2, 0) is 9.53 Å². The van der Waals surface area contributed by atoms with E-state index in [0.29, 0.717) is 24.5 Å². The van der Waals surface area contributed by atoms with Gasteiger partial charge in [-0.2, -0.15) is 0 Å². The Morgan fingerprint density at radius 2 is 1.65 bits per heavy atom. The van der Waals surface area contributed by atoms with E-state index in [9.17, 15) is 4.79 Å². The van der Waals surface area contributed by atoms with E-state index in [1.54, 1.807) is 0 Å². The summed E-state index contributed by atoms with van der Waals surface area (Å²) in [5, 5.41) is 0. The number of ketones is 1. The van der Waals surface area contributed by atoms with Gasteiger partial charge in [0.1, 0.15) is 5.78 Å². The molecule has 4 heteroatoms. The van der Waals surface area contributed by atoms with Gasteiger partial charge in [-0.15, -0.1) is 12.4 Å². The summed E-state index contributed by atoms with van der Waals surface area (Å²) in [4.78, 5) is 14.2. The van der Waals surface area contributed by atoms with E-state index in [-0.39, 0.29) is 12.4 Å². The van der Waals surface area contributed by atoms with Crippen LogP contribution in [0.5, 0.6) is 0 Å². The molecular formula is C19H34ClNO2. The third kappa shape index (κ3) is 5.72. The lowest BCUT2D eigenvalue weighted by molar-refractivity contribution is -0.117. The predicted octanol–water partition coefficient (Wildman–Crippen LogP) is 4.37. The predicted molar refractivity (Wildman–Crippen MR) is 96.3 cm³/mol. The molecule has 3 rings (SSSR count). The number of nitrogens with zero attached hydrogens (tertiary/aromatic N) is 1. The van der Waals surface area contributed by atoms with Crippen molar-refractivity contribution in [1.29, 1.82) is 0 Å². The van der Waals surface area contributed by atoms with Crippen LogP contribution in [-0.4, -0.2) is 42.5 Å². The maximum absolute atomic E-state index is 11.7. The Morgan fingerprint density at radius 1 is 1.00 bits per heavy atom. The minimum atomic E-state index is 0. The lowest BCUT2D eigenvalue weighted by Gasteiger charge is -2.36. The summed E-state index contributed by atoms with van der Waals surface area (Å²) in [6, 6.07) is 0.593. The molecule has 3 fully saturated rings. The smallest absolute Gasteiger partial charge is 0.148 e. The van der Waals surface area contributed by atoms with Gasteiger partial charge in [0.05, 0.1) is 12.6 Å². The summed E-state index contributed by atoms with van der Waals surface area (Å²) in [5.74, 6) is 1.24. The van der Waals surface area contributed by atoms with Crippen LogP contribution in [0.1, 0.15) is 77.0 Å². The van der Waals surface area contributed by atoms with Gasteiger partial charge in [-0.25, -0.2) is 0 Å². The normalized spacial score (nSPS) is 26.2. The first-order valence-electron chi connectivity index (χ1n) is 9.70. The van der Waals surface area contributed by atoms with Gasteiger partial charge in [0.25, 0.3) is 0 Å². The van der Waals surface area contributed by atoms with Crippen molar-refractivity contribution in [3.05, 3.63) is 0 Å². The van der Waals surface area contributed by atoms with Crippen LogP contribution in [0.15, 0.2) is 0 Å². The van der Waals surface area contributed by atoms with Gasteiger partial charge in [-0.3, -0.25) is 9.69 Å². The van der Waals surface area contributed by atoms with Crippen LogP contribution in [0.4, 0.5) is 0 Å². The maximum atomic E-state index is 11.7. The zero-order valence-corrected chi connectivity index (χ0v) is 15.3. The average molecular weight is 344 g/mol. The molecule has 0 aromatic heterocycles. The summed E-state index contributed by atoms with van der Waals surface area (Å²) in [7, 11) is 0. The van der Waals surface area contributed by atoms with E-state index in [1.807, 2.05) is 0 Å². The van der Waals surface area contributed by atoms with Crippen LogP contribution in [0.3, 0.4) is 0 Å². The Labute approximate surface area is 147 Å². The van der Waals surface area contributed by atoms with Crippen molar-refractivity contribution in [3.63, 3.8) is 0 Å². The number of rotatable bonds is 6. The highest BCUT2D eigenvalue weighted by Crippen LogP contribution is 2.32. The minimum Gasteiger partial charge on any atom is -0.378 e. The molecule has 3 nitrogen and oxygen atoms in total. The van der Waals surface area contributed by atoms with Crippen molar-refractivity contribution in [2.45, 2.75) is 89.2 Å². The zero-order chi connectivity index (χ0) is 15.2. The van der Waals surface area contributed by atoms with E-state index in [1.165, 1.54) is 64.2 Å². The van der Waals surface area contributed by atoms with Gasteiger partial charge in [-0.1, -0.05) is 38.5 Å². The summed E-state index contributed by atoms with van der Waals surface area (Å²) < 4.78 is 6.18. The van der Waals surface area contributed by atoms with Crippen LogP contribution in [0.25, 0.3) is 0 Å². The van der Waals surface area contributed by atoms with Crippen LogP contribution in [0, 0.1) is 5.92 Å². The molecule has 1 saturated heterocycles. The molecule has 2 aliphatic carbocycles. The second-order valence-electron chi connectivity index (χ2n) is 7.64. The summed E-state index contributed by atoms with van der Waals surface area (Å²) in [6.07, 6.45) is 15.9. The molecule has 0 bridgehead atoms. The number of hydrogen-bond acceptors (Lipinski definition) is 3. The molecule has 0 aromatic carbocycles. The average Bonchev–Trinajstić information content (AvgIpc) is 2.99. The number of likely N-dealkylation sites (tertiary alicyclic amines) is 1. The van der Waals surface area contributed by atoms with Crippen LogP contribution in [0.2, 0.25) is 0 Å². The van der Waals surface area contributed by atoms with Crippen molar-refractivity contribution < 1.29 is 9.53 Å². The Kier molecular flexibility index (Phi) is 8.35. The molecule has 3 aliphatic rings. The van der Waals surface area contributed by atoms with E-state index < -0.39 is 0 Å². The third-order valence-electron chi connectivity index (χ3n) is 6.04. The Balaban J connectivity index is 0.00000192. The van der Waals surface area contributed by atoms with Crippen LogP contribution < -0.4 is 0 Å². The van der Waals surface area contributed by atoms with Gasteiger partial charge in [-0.05, 0) is 38.0 Å². The van der Waals surface area contributed by atoms with Crippen molar-refractivity contribution in [2.75, 3.05) is 19.7 Å². The summed E-state index contributed by atoms with van der Waals surface area (Å²) >= 11 is 0. The molecule has 1 unspecified atom stereocenters. The van der Waals surface area contributed by atoms with E-state index in [0.717, 1.165) is 31.9 Å². The number of halogens is 1. The fourth-order valence-corrected chi connectivity index (χ4v) is 4.76. The third-order valence-corrected chi connectivity index (χ3v) is 6.04. The largest absolute Gasteiger partial charge is 0.378 e. The molecule has 0 radical (unpaired) electrons. The number of carbonyl (C=O) groups excluding carboxylic acids is 1. The Hall–Kier alpha value is -0.120. The minimum absolute atomic E-state index is 0. The number of Topliss-reactive ketones (excluding diaryl/α,β-unsaturated/α-hetero) is 1. The summed E-state index contributed by atoms with van der Waals surface area (Å²) in [6.45, 7) is 2.59. The number of hydrogen-bond donors (Lipinski definition) is 0. The van der Waals surface area contributed by atoms with Crippen molar-refractivity contribution in [2.24, 2.45) is 5.92 Å². The molecule has 0 N–H and O–H groups in total. The van der Waals surface area contributed by atoms with E-state index >= 15 is 0 Å². The van der Waals surface area contributed by atoms with E-state index in [4.69, 9.17) is 4.74 Å². The number of carbonyl (C=O) groups is 1. The second-order valence-corrected chi connectivity index (χ2v) is 7.64. The molecule has 1 heterocycles. The van der Waals surface area contributed by atoms with E-state index in [2.05, 4.69) is 4.90 Å². The van der Waals surface area contributed by atoms with Gasteiger partial charge >= 0.3 is 0 Å². The first kappa shape index (κ1) is 19.2. The van der Waals surface area contributed by atoms with Gasteiger partial charge < -0.3 is 4.74 Å². The number of ether oxygens (including phenoxy) is 1. The first-order chi connectivity index (χ1) is 10.8. The SMILES string of the molecule is Cl.O=C1CCN(C(CCOC2CCCCC2)C2CCCCC2)C1. The topological polar surface area (TPSA) is 29.5 Å². The standard InChI is InChI=1S/C19H33NO2.ClH/c21-17-11-13-20(15-17)19(16-7-3-1-4-8-16)12-14-22-18-9-5-2-6-10-18;/h16,18-19H,1-15H2;1H. The molecule has 1 atom stereocenters. The molecule has 0 spiro atoms. The summed E-state index contributed by atoms with van der Waals surface area (Å²) in [5.41, 5.74) is 0. The van der Waals surface area contributed by atoms with Gasteiger partial charge in [0.15, 0.2) is 0 Å². The van der Waals surface area contributed by atoms with Crippen molar-refractivity contribution >= 4 is 18.2 Å². The monoisotopic (exact) mass is 343 g/mol. The van der Waals surface area contributed by atoms with Crippen molar-refractivity contribution in [1.82, 2.24) is 4.90 Å². The molecule has 0 aromatic rings.